The highest BCUT2D eigenvalue weighted by Crippen LogP contribution is 2.32. The Morgan fingerprint density at radius 3 is 2.22 bits per heavy atom. The Bertz CT molecular complexity index is 947. The van der Waals surface area contributed by atoms with Crippen molar-refractivity contribution in [3.63, 3.8) is 0 Å². The number of carbonyl (C=O) groups is 1. The number of amides is 1. The summed E-state index contributed by atoms with van der Waals surface area (Å²) in [5.74, 6) is 0.705. The second-order valence-electron chi connectivity index (χ2n) is 7.19. The number of nitrogens with one attached hydrogen (secondary N) is 2. The SMILES string of the molecule is CC(C)(C)NC(=O)c1ccc(NS(=O)(=O)c2ccc3c(c2)OCCO3)cc1. The fourth-order valence-electron chi connectivity index (χ4n) is 2.51. The Kier molecular flexibility index (Phi) is 5.01. The van der Waals surface area contributed by atoms with E-state index in [-0.39, 0.29) is 16.3 Å². The normalized spacial score (nSPS) is 13.7. The molecule has 0 aliphatic carbocycles. The van der Waals surface area contributed by atoms with E-state index in [4.69, 9.17) is 9.47 Å². The Morgan fingerprint density at radius 2 is 1.59 bits per heavy atom. The van der Waals surface area contributed by atoms with Gasteiger partial charge in [0.25, 0.3) is 15.9 Å². The van der Waals surface area contributed by atoms with Crippen LogP contribution >= 0.6 is 0 Å². The van der Waals surface area contributed by atoms with Crippen LogP contribution in [0.5, 0.6) is 11.5 Å². The van der Waals surface area contributed by atoms with E-state index >= 15 is 0 Å². The summed E-state index contributed by atoms with van der Waals surface area (Å²) in [6.45, 7) is 6.48. The van der Waals surface area contributed by atoms with Gasteiger partial charge >= 0.3 is 0 Å². The van der Waals surface area contributed by atoms with E-state index in [1.807, 2.05) is 20.8 Å². The second kappa shape index (κ2) is 7.11. The lowest BCUT2D eigenvalue weighted by molar-refractivity contribution is 0.0919. The Hall–Kier alpha value is -2.74. The lowest BCUT2D eigenvalue weighted by Crippen LogP contribution is -2.40. The molecule has 2 aromatic carbocycles. The molecule has 1 aliphatic rings. The first-order valence-electron chi connectivity index (χ1n) is 8.49. The van der Waals surface area contributed by atoms with Crippen LogP contribution in [0.3, 0.4) is 0 Å². The molecule has 0 aromatic heterocycles. The summed E-state index contributed by atoms with van der Waals surface area (Å²) in [7, 11) is -3.79. The van der Waals surface area contributed by atoms with Gasteiger partial charge in [-0.05, 0) is 57.2 Å². The monoisotopic (exact) mass is 390 g/mol. The van der Waals surface area contributed by atoms with E-state index in [1.165, 1.54) is 12.1 Å². The number of benzene rings is 2. The minimum absolute atomic E-state index is 0.0707. The van der Waals surface area contributed by atoms with Gasteiger partial charge in [0.1, 0.15) is 13.2 Å². The maximum absolute atomic E-state index is 12.6. The third-order valence-electron chi connectivity index (χ3n) is 3.71. The van der Waals surface area contributed by atoms with Gasteiger partial charge in [0.2, 0.25) is 0 Å². The van der Waals surface area contributed by atoms with Gasteiger partial charge in [-0.3, -0.25) is 9.52 Å². The summed E-state index contributed by atoms with van der Waals surface area (Å²) >= 11 is 0. The van der Waals surface area contributed by atoms with E-state index in [1.54, 1.807) is 30.3 Å². The van der Waals surface area contributed by atoms with Crippen molar-refractivity contribution < 1.29 is 22.7 Å². The van der Waals surface area contributed by atoms with Crippen molar-refractivity contribution in [1.29, 1.82) is 0 Å². The molecule has 1 heterocycles. The number of carbonyl (C=O) groups excluding carboxylic acids is 1. The number of hydrogen-bond acceptors (Lipinski definition) is 5. The average Bonchev–Trinajstić information content (AvgIpc) is 2.60. The van der Waals surface area contributed by atoms with Crippen LogP contribution in [0.4, 0.5) is 5.69 Å². The Morgan fingerprint density at radius 1 is 0.963 bits per heavy atom. The Balaban J connectivity index is 1.75. The summed E-state index contributed by atoms with van der Waals surface area (Å²) in [5, 5.41) is 2.85. The van der Waals surface area contributed by atoms with Crippen molar-refractivity contribution >= 4 is 21.6 Å². The molecule has 2 aromatic rings. The predicted octanol–water partition coefficient (Wildman–Crippen LogP) is 2.79. The highest BCUT2D eigenvalue weighted by atomic mass is 32.2. The average molecular weight is 390 g/mol. The summed E-state index contributed by atoms with van der Waals surface area (Å²) in [4.78, 5) is 12.2. The molecule has 27 heavy (non-hydrogen) atoms. The van der Waals surface area contributed by atoms with E-state index in [9.17, 15) is 13.2 Å². The van der Waals surface area contributed by atoms with Crippen LogP contribution in [-0.4, -0.2) is 33.1 Å². The molecular formula is C19H22N2O5S. The molecule has 144 valence electrons. The molecule has 1 aliphatic heterocycles. The van der Waals surface area contributed by atoms with Crippen LogP contribution in [0.15, 0.2) is 47.4 Å². The smallest absolute Gasteiger partial charge is 0.262 e. The van der Waals surface area contributed by atoms with Crippen LogP contribution in [0, 0.1) is 0 Å². The first-order valence-corrected chi connectivity index (χ1v) is 9.97. The first-order chi connectivity index (χ1) is 12.6. The van der Waals surface area contributed by atoms with Crippen LogP contribution in [0.2, 0.25) is 0 Å². The summed E-state index contributed by atoms with van der Waals surface area (Å²) in [5.41, 5.74) is 0.458. The maximum Gasteiger partial charge on any atom is 0.262 e. The standard InChI is InChI=1S/C19H22N2O5S/c1-19(2,3)20-18(22)13-4-6-14(7-5-13)21-27(23,24)15-8-9-16-17(12-15)26-11-10-25-16/h4-9,12,21H,10-11H2,1-3H3,(H,20,22). The Labute approximate surface area is 158 Å². The molecule has 7 nitrogen and oxygen atoms in total. The van der Waals surface area contributed by atoms with Crippen molar-refractivity contribution in [3.8, 4) is 11.5 Å². The van der Waals surface area contributed by atoms with E-state index in [2.05, 4.69) is 10.0 Å². The van der Waals surface area contributed by atoms with E-state index in [0.29, 0.717) is 36.0 Å². The third kappa shape index (κ3) is 4.71. The van der Waals surface area contributed by atoms with Crippen LogP contribution in [0.1, 0.15) is 31.1 Å². The van der Waals surface area contributed by atoms with Crippen molar-refractivity contribution in [2.75, 3.05) is 17.9 Å². The molecule has 0 unspecified atom stereocenters. The van der Waals surface area contributed by atoms with Gasteiger partial charge in [-0.1, -0.05) is 0 Å². The molecule has 1 amide bonds. The number of sulfonamides is 1. The van der Waals surface area contributed by atoms with Crippen molar-refractivity contribution in [2.45, 2.75) is 31.2 Å². The van der Waals surface area contributed by atoms with Gasteiger partial charge in [0.15, 0.2) is 11.5 Å². The fraction of sp³-hybridized carbons (Fsp3) is 0.316. The fourth-order valence-corrected chi connectivity index (χ4v) is 3.58. The lowest BCUT2D eigenvalue weighted by Gasteiger charge is -2.20. The molecule has 0 spiro atoms. The number of anilines is 1. The first kappa shape index (κ1) is 19.0. The van der Waals surface area contributed by atoms with E-state index in [0.717, 1.165) is 0 Å². The van der Waals surface area contributed by atoms with Crippen molar-refractivity contribution in [3.05, 3.63) is 48.0 Å². The van der Waals surface area contributed by atoms with Gasteiger partial charge in [0, 0.05) is 22.9 Å². The van der Waals surface area contributed by atoms with E-state index < -0.39 is 10.0 Å². The second-order valence-corrected chi connectivity index (χ2v) is 8.87. The number of rotatable bonds is 4. The lowest BCUT2D eigenvalue weighted by atomic mass is 10.1. The zero-order valence-corrected chi connectivity index (χ0v) is 16.2. The molecule has 2 N–H and O–H groups in total. The minimum Gasteiger partial charge on any atom is -0.486 e. The molecule has 0 saturated carbocycles. The summed E-state index contributed by atoms with van der Waals surface area (Å²) in [6.07, 6.45) is 0. The predicted molar refractivity (Wildman–Crippen MR) is 102 cm³/mol. The topological polar surface area (TPSA) is 93.7 Å². The molecule has 0 atom stereocenters. The largest absolute Gasteiger partial charge is 0.486 e. The molecule has 8 heteroatoms. The van der Waals surface area contributed by atoms with Crippen LogP contribution in [0.25, 0.3) is 0 Å². The molecule has 0 fully saturated rings. The number of fused-ring (bicyclic) bond motifs is 1. The quantitative estimate of drug-likeness (QED) is 0.837. The number of ether oxygens (including phenoxy) is 2. The zero-order valence-electron chi connectivity index (χ0n) is 15.4. The maximum atomic E-state index is 12.6. The summed E-state index contributed by atoms with van der Waals surface area (Å²) in [6, 6.07) is 10.7. The molecule has 0 radical (unpaired) electrons. The molecular weight excluding hydrogens is 368 g/mol. The highest BCUT2D eigenvalue weighted by molar-refractivity contribution is 7.92. The third-order valence-corrected chi connectivity index (χ3v) is 5.09. The van der Waals surface area contributed by atoms with Crippen LogP contribution in [-0.2, 0) is 10.0 Å². The van der Waals surface area contributed by atoms with Gasteiger partial charge in [-0.25, -0.2) is 8.42 Å². The highest BCUT2D eigenvalue weighted by Gasteiger charge is 2.20. The minimum atomic E-state index is -3.79. The van der Waals surface area contributed by atoms with Gasteiger partial charge in [-0.2, -0.15) is 0 Å². The van der Waals surface area contributed by atoms with Gasteiger partial charge in [0.05, 0.1) is 4.90 Å². The number of hydrogen-bond donors (Lipinski definition) is 2. The van der Waals surface area contributed by atoms with Crippen molar-refractivity contribution in [2.24, 2.45) is 0 Å². The van der Waals surface area contributed by atoms with Crippen molar-refractivity contribution in [1.82, 2.24) is 5.32 Å². The molecule has 0 bridgehead atoms. The molecule has 3 rings (SSSR count). The van der Waals surface area contributed by atoms with Crippen LogP contribution < -0.4 is 19.5 Å². The summed E-state index contributed by atoms with van der Waals surface area (Å²) < 4.78 is 38.5. The molecule has 0 saturated heterocycles. The van der Waals surface area contributed by atoms with Gasteiger partial charge in [-0.15, -0.1) is 0 Å². The van der Waals surface area contributed by atoms with Gasteiger partial charge < -0.3 is 14.8 Å². The zero-order chi connectivity index (χ0) is 19.7.